The molecule has 4 rings (SSSR count). The van der Waals surface area contributed by atoms with E-state index in [0.29, 0.717) is 4.47 Å². The zero-order valence-electron chi connectivity index (χ0n) is 17.9. The number of carbonyl (C=O) groups excluding carboxylic acids is 2. The third-order valence-electron chi connectivity index (χ3n) is 5.14. The standard InChI is InChI=1S/C25H15BrF4N2O3/c1-35-24(34)14-7-9-19(17(27)11-14)32-23(33)20-16-12-15(26)8-10-18(16)31-22(21(20)25(28,29)30)13-5-3-2-4-6-13/h2-12H,1H3,(H,32,33). The van der Waals surface area contributed by atoms with E-state index in [9.17, 15) is 27.2 Å². The van der Waals surface area contributed by atoms with E-state index in [0.717, 1.165) is 19.2 Å². The first kappa shape index (κ1) is 24.3. The number of methoxy groups -OCH3 is 1. The van der Waals surface area contributed by atoms with Crippen molar-refractivity contribution in [3.8, 4) is 11.3 Å². The monoisotopic (exact) mass is 546 g/mol. The Morgan fingerprint density at radius 3 is 2.34 bits per heavy atom. The molecule has 1 aromatic heterocycles. The van der Waals surface area contributed by atoms with Crippen LogP contribution < -0.4 is 5.32 Å². The summed E-state index contributed by atoms with van der Waals surface area (Å²) in [4.78, 5) is 29.1. The molecule has 4 aromatic rings. The van der Waals surface area contributed by atoms with Crippen LogP contribution in [0.25, 0.3) is 22.2 Å². The van der Waals surface area contributed by atoms with Crippen molar-refractivity contribution in [1.29, 1.82) is 0 Å². The van der Waals surface area contributed by atoms with E-state index in [1.807, 2.05) is 0 Å². The first-order valence-electron chi connectivity index (χ1n) is 10.0. The van der Waals surface area contributed by atoms with E-state index < -0.39 is 46.4 Å². The van der Waals surface area contributed by atoms with Crippen LogP contribution in [0, 0.1) is 5.82 Å². The van der Waals surface area contributed by atoms with Gasteiger partial charge in [0.05, 0.1) is 40.7 Å². The summed E-state index contributed by atoms with van der Waals surface area (Å²) in [6.45, 7) is 0. The van der Waals surface area contributed by atoms with E-state index in [4.69, 9.17) is 0 Å². The molecular formula is C25H15BrF4N2O3. The summed E-state index contributed by atoms with van der Waals surface area (Å²) in [5.74, 6) is -3.01. The lowest BCUT2D eigenvalue weighted by Gasteiger charge is -2.19. The average Bonchev–Trinajstić information content (AvgIpc) is 2.83. The molecule has 0 spiro atoms. The first-order chi connectivity index (χ1) is 16.6. The molecule has 0 radical (unpaired) electrons. The molecule has 35 heavy (non-hydrogen) atoms. The van der Waals surface area contributed by atoms with Crippen molar-refractivity contribution in [3.63, 3.8) is 0 Å². The van der Waals surface area contributed by atoms with E-state index in [1.54, 1.807) is 24.3 Å². The van der Waals surface area contributed by atoms with Crippen molar-refractivity contribution in [2.45, 2.75) is 6.18 Å². The van der Waals surface area contributed by atoms with E-state index in [2.05, 4.69) is 31.0 Å². The lowest BCUT2D eigenvalue weighted by molar-refractivity contribution is -0.137. The molecule has 1 heterocycles. The van der Waals surface area contributed by atoms with Gasteiger partial charge in [-0.1, -0.05) is 46.3 Å². The molecule has 0 unspecified atom stereocenters. The number of nitrogens with one attached hydrogen (secondary N) is 1. The average molecular weight is 547 g/mol. The molecule has 178 valence electrons. The number of alkyl halides is 3. The van der Waals surface area contributed by atoms with E-state index >= 15 is 0 Å². The molecule has 0 aliphatic rings. The van der Waals surface area contributed by atoms with Crippen molar-refractivity contribution in [3.05, 3.63) is 93.7 Å². The van der Waals surface area contributed by atoms with E-state index in [-0.39, 0.29) is 22.0 Å². The number of carbonyl (C=O) groups is 2. The van der Waals surface area contributed by atoms with Gasteiger partial charge in [-0.2, -0.15) is 13.2 Å². The number of hydrogen-bond donors (Lipinski definition) is 1. The lowest BCUT2D eigenvalue weighted by Crippen LogP contribution is -2.22. The molecule has 0 fully saturated rings. The minimum absolute atomic E-state index is 0.0736. The molecule has 0 saturated carbocycles. The minimum atomic E-state index is -4.96. The van der Waals surface area contributed by atoms with Gasteiger partial charge in [0, 0.05) is 15.4 Å². The Kier molecular flexibility index (Phi) is 6.58. The number of fused-ring (bicyclic) bond motifs is 1. The zero-order valence-corrected chi connectivity index (χ0v) is 19.5. The highest BCUT2D eigenvalue weighted by Crippen LogP contribution is 2.42. The highest BCUT2D eigenvalue weighted by molar-refractivity contribution is 9.10. The predicted octanol–water partition coefficient (Wildman–Crippen LogP) is 6.86. The van der Waals surface area contributed by atoms with Crippen LogP contribution in [0.15, 0.2) is 71.2 Å². The Morgan fingerprint density at radius 2 is 1.71 bits per heavy atom. The number of benzene rings is 3. The number of nitrogens with zero attached hydrogens (tertiary/aromatic N) is 1. The van der Waals surface area contributed by atoms with Crippen LogP contribution >= 0.6 is 15.9 Å². The van der Waals surface area contributed by atoms with Gasteiger partial charge in [-0.3, -0.25) is 4.79 Å². The second-order valence-corrected chi connectivity index (χ2v) is 8.29. The van der Waals surface area contributed by atoms with Gasteiger partial charge < -0.3 is 10.1 Å². The highest BCUT2D eigenvalue weighted by Gasteiger charge is 2.40. The van der Waals surface area contributed by atoms with Crippen molar-refractivity contribution in [1.82, 2.24) is 4.98 Å². The molecule has 1 N–H and O–H groups in total. The number of esters is 1. The molecular weight excluding hydrogens is 532 g/mol. The fourth-order valence-electron chi connectivity index (χ4n) is 3.60. The molecule has 0 atom stereocenters. The summed E-state index contributed by atoms with van der Waals surface area (Å²) < 4.78 is 62.8. The summed E-state index contributed by atoms with van der Waals surface area (Å²) in [6.07, 6.45) is -4.96. The molecule has 0 saturated heterocycles. The third kappa shape index (κ3) is 4.88. The molecule has 1 amide bonds. The number of halogens is 5. The Labute approximate surface area is 204 Å². The Morgan fingerprint density at radius 1 is 1.00 bits per heavy atom. The van der Waals surface area contributed by atoms with Crippen LogP contribution in [-0.2, 0) is 10.9 Å². The summed E-state index contributed by atoms with van der Waals surface area (Å²) in [7, 11) is 1.12. The number of amides is 1. The maximum Gasteiger partial charge on any atom is 0.419 e. The first-order valence-corrected chi connectivity index (χ1v) is 10.8. The summed E-state index contributed by atoms with van der Waals surface area (Å²) in [6, 6.07) is 15.2. The fourth-order valence-corrected chi connectivity index (χ4v) is 3.96. The number of pyridine rings is 1. The van der Waals surface area contributed by atoms with Gasteiger partial charge in [-0.25, -0.2) is 14.2 Å². The molecule has 0 aliphatic heterocycles. The zero-order chi connectivity index (χ0) is 25.3. The maximum absolute atomic E-state index is 14.6. The van der Waals surface area contributed by atoms with Crippen LogP contribution in [0.2, 0.25) is 0 Å². The number of rotatable bonds is 4. The van der Waals surface area contributed by atoms with Crippen LogP contribution in [0.4, 0.5) is 23.2 Å². The van der Waals surface area contributed by atoms with Gasteiger partial charge in [0.1, 0.15) is 5.82 Å². The van der Waals surface area contributed by atoms with Crippen molar-refractivity contribution in [2.24, 2.45) is 0 Å². The van der Waals surface area contributed by atoms with Crippen molar-refractivity contribution in [2.75, 3.05) is 12.4 Å². The van der Waals surface area contributed by atoms with Gasteiger partial charge in [-0.15, -0.1) is 0 Å². The third-order valence-corrected chi connectivity index (χ3v) is 5.64. The van der Waals surface area contributed by atoms with Crippen molar-refractivity contribution < 1.29 is 31.9 Å². The topological polar surface area (TPSA) is 68.3 Å². The number of anilines is 1. The van der Waals surface area contributed by atoms with Crippen LogP contribution in [0.1, 0.15) is 26.3 Å². The fraction of sp³-hybridized carbons (Fsp3) is 0.0800. The Bertz CT molecular complexity index is 1460. The molecule has 10 heteroatoms. The van der Waals surface area contributed by atoms with Crippen LogP contribution in [0.3, 0.4) is 0 Å². The number of ether oxygens (including phenoxy) is 1. The Balaban J connectivity index is 1.94. The lowest BCUT2D eigenvalue weighted by atomic mass is 9.95. The van der Waals surface area contributed by atoms with Gasteiger partial charge in [0.25, 0.3) is 5.91 Å². The smallest absolute Gasteiger partial charge is 0.419 e. The van der Waals surface area contributed by atoms with Crippen LogP contribution in [0.5, 0.6) is 0 Å². The molecule has 5 nitrogen and oxygen atoms in total. The molecule has 0 bridgehead atoms. The highest BCUT2D eigenvalue weighted by atomic mass is 79.9. The molecule has 0 aliphatic carbocycles. The van der Waals surface area contributed by atoms with Gasteiger partial charge >= 0.3 is 12.1 Å². The van der Waals surface area contributed by atoms with Gasteiger partial charge in [-0.05, 0) is 36.4 Å². The number of aromatic nitrogens is 1. The SMILES string of the molecule is COC(=O)c1ccc(NC(=O)c2c(C(F)(F)F)c(-c3ccccc3)nc3ccc(Br)cc23)c(F)c1. The summed E-state index contributed by atoms with van der Waals surface area (Å²) in [5.41, 5.74) is -2.61. The maximum atomic E-state index is 14.6. The Hall–Kier alpha value is -3.79. The molecule has 3 aromatic carbocycles. The second-order valence-electron chi connectivity index (χ2n) is 7.38. The normalized spacial score (nSPS) is 11.4. The van der Waals surface area contributed by atoms with E-state index in [1.165, 1.54) is 30.3 Å². The predicted molar refractivity (Wildman–Crippen MR) is 126 cm³/mol. The second kappa shape index (κ2) is 9.46. The largest absolute Gasteiger partial charge is 0.465 e. The summed E-state index contributed by atoms with van der Waals surface area (Å²) in [5, 5.41) is 2.13. The number of hydrogen-bond acceptors (Lipinski definition) is 4. The van der Waals surface area contributed by atoms with Crippen molar-refractivity contribution >= 4 is 44.4 Å². The van der Waals surface area contributed by atoms with Crippen LogP contribution in [-0.4, -0.2) is 24.0 Å². The minimum Gasteiger partial charge on any atom is -0.465 e. The summed E-state index contributed by atoms with van der Waals surface area (Å²) >= 11 is 3.22. The van der Waals surface area contributed by atoms with Gasteiger partial charge in [0.15, 0.2) is 0 Å². The quantitative estimate of drug-likeness (QED) is 0.224. The van der Waals surface area contributed by atoms with Gasteiger partial charge in [0.2, 0.25) is 0 Å².